The number of fused-ring (bicyclic) bond motifs is 1. The van der Waals surface area contributed by atoms with Crippen LogP contribution in [0.3, 0.4) is 0 Å². The molecule has 6 nitrogen and oxygen atoms in total. The Hall–Kier alpha value is -1.68. The van der Waals surface area contributed by atoms with E-state index in [0.29, 0.717) is 0 Å². The lowest BCUT2D eigenvalue weighted by Gasteiger charge is -2.21. The minimum Gasteiger partial charge on any atom is -0.356 e. The quantitative estimate of drug-likeness (QED) is 0.342. The van der Waals surface area contributed by atoms with E-state index in [2.05, 4.69) is 35.5 Å². The molecule has 2 N–H and O–H groups in total. The van der Waals surface area contributed by atoms with E-state index in [0.717, 1.165) is 53.0 Å². The van der Waals surface area contributed by atoms with Crippen LogP contribution in [-0.4, -0.2) is 46.5 Å². The van der Waals surface area contributed by atoms with E-state index >= 15 is 0 Å². The molecule has 0 aliphatic rings. The van der Waals surface area contributed by atoms with Gasteiger partial charge in [0.2, 0.25) is 0 Å². The Morgan fingerprint density at radius 2 is 2.12 bits per heavy atom. The van der Waals surface area contributed by atoms with Crippen LogP contribution in [0.5, 0.6) is 0 Å². The van der Waals surface area contributed by atoms with Crippen molar-refractivity contribution < 1.29 is 0 Å². The van der Waals surface area contributed by atoms with Crippen molar-refractivity contribution in [2.75, 3.05) is 20.6 Å². The van der Waals surface area contributed by atoms with Gasteiger partial charge in [-0.3, -0.25) is 4.99 Å². The predicted molar refractivity (Wildman–Crippen MR) is 115 cm³/mol. The molecule has 2 heterocycles. The third-order valence-corrected chi connectivity index (χ3v) is 4.54. The molecule has 0 atom stereocenters. The fraction of sp³-hybridized carbons (Fsp3) is 0.353. The van der Waals surface area contributed by atoms with E-state index in [1.807, 2.05) is 38.2 Å². The maximum absolute atomic E-state index is 4.59. The average molecular weight is 470 g/mol. The number of para-hydroxylation sites is 2. The number of halogens is 1. The second kappa shape index (κ2) is 9.14. The van der Waals surface area contributed by atoms with Gasteiger partial charge in [-0.05, 0) is 19.1 Å². The van der Waals surface area contributed by atoms with Gasteiger partial charge in [0.25, 0.3) is 0 Å². The van der Waals surface area contributed by atoms with E-state index < -0.39 is 0 Å². The second-order valence-corrected chi connectivity index (χ2v) is 6.70. The third-order valence-electron chi connectivity index (χ3n) is 3.72. The molecule has 0 aliphatic carbocycles. The molecule has 0 saturated heterocycles. The maximum Gasteiger partial charge on any atom is 0.193 e. The van der Waals surface area contributed by atoms with Gasteiger partial charge in [-0.2, -0.15) is 0 Å². The van der Waals surface area contributed by atoms with Crippen molar-refractivity contribution in [3.05, 3.63) is 46.2 Å². The van der Waals surface area contributed by atoms with Crippen LogP contribution in [0.4, 0.5) is 0 Å². The standard InChI is InChI=1S/C17H22N6S.HI/c1-12-20-13(11-24-12)10-23(3)17(18-2)19-9-8-16-21-14-6-4-5-7-15(14)22-16;/h4-7,11H,8-10H2,1-3H3,(H,18,19)(H,21,22);1H. The number of rotatable bonds is 5. The zero-order chi connectivity index (χ0) is 16.9. The molecular formula is C17H23IN6S. The Morgan fingerprint density at radius 3 is 2.80 bits per heavy atom. The van der Waals surface area contributed by atoms with Gasteiger partial charge in [-0.1, -0.05) is 12.1 Å². The van der Waals surface area contributed by atoms with E-state index in [4.69, 9.17) is 0 Å². The summed E-state index contributed by atoms with van der Waals surface area (Å²) in [6.45, 7) is 3.54. The van der Waals surface area contributed by atoms with Crippen molar-refractivity contribution in [1.29, 1.82) is 0 Å². The Balaban J connectivity index is 0.00000225. The van der Waals surface area contributed by atoms with Crippen LogP contribution >= 0.6 is 35.3 Å². The first kappa shape index (κ1) is 19.6. The number of imidazole rings is 1. The molecule has 0 spiro atoms. The van der Waals surface area contributed by atoms with Gasteiger partial charge in [0, 0.05) is 32.4 Å². The highest BCUT2D eigenvalue weighted by molar-refractivity contribution is 14.0. The number of aliphatic imine (C=N–C) groups is 1. The van der Waals surface area contributed by atoms with Crippen LogP contribution < -0.4 is 5.32 Å². The van der Waals surface area contributed by atoms with E-state index in [9.17, 15) is 0 Å². The van der Waals surface area contributed by atoms with Crippen LogP contribution in [0, 0.1) is 6.92 Å². The maximum atomic E-state index is 4.59. The summed E-state index contributed by atoms with van der Waals surface area (Å²) in [5.41, 5.74) is 3.15. The lowest BCUT2D eigenvalue weighted by atomic mass is 10.3. The molecule has 0 fully saturated rings. The minimum absolute atomic E-state index is 0. The highest BCUT2D eigenvalue weighted by Gasteiger charge is 2.09. The summed E-state index contributed by atoms with van der Waals surface area (Å²) in [6, 6.07) is 8.08. The van der Waals surface area contributed by atoms with E-state index in [-0.39, 0.29) is 24.0 Å². The minimum atomic E-state index is 0. The number of nitrogens with one attached hydrogen (secondary N) is 2. The lowest BCUT2D eigenvalue weighted by Crippen LogP contribution is -2.39. The highest BCUT2D eigenvalue weighted by atomic mass is 127. The molecule has 3 aromatic rings. The molecule has 0 amide bonds. The third kappa shape index (κ3) is 5.15. The van der Waals surface area contributed by atoms with Gasteiger partial charge >= 0.3 is 0 Å². The van der Waals surface area contributed by atoms with Gasteiger partial charge in [0.1, 0.15) is 5.82 Å². The lowest BCUT2D eigenvalue weighted by molar-refractivity contribution is 0.471. The van der Waals surface area contributed by atoms with Gasteiger partial charge in [-0.25, -0.2) is 9.97 Å². The van der Waals surface area contributed by atoms with Crippen LogP contribution in [0.15, 0.2) is 34.6 Å². The molecule has 0 saturated carbocycles. The zero-order valence-corrected chi connectivity index (χ0v) is 17.8. The van der Waals surface area contributed by atoms with Crippen LogP contribution in [0.25, 0.3) is 11.0 Å². The summed E-state index contributed by atoms with van der Waals surface area (Å²) < 4.78 is 0. The van der Waals surface area contributed by atoms with Gasteiger partial charge in [0.05, 0.1) is 28.3 Å². The Bertz CT molecular complexity index is 807. The van der Waals surface area contributed by atoms with Crippen LogP contribution in [0.1, 0.15) is 16.5 Å². The monoisotopic (exact) mass is 470 g/mol. The zero-order valence-electron chi connectivity index (χ0n) is 14.6. The summed E-state index contributed by atoms with van der Waals surface area (Å²) in [6.07, 6.45) is 0.817. The Labute approximate surface area is 168 Å². The van der Waals surface area contributed by atoms with E-state index in [1.165, 1.54) is 0 Å². The first-order valence-electron chi connectivity index (χ1n) is 7.92. The number of guanidine groups is 1. The number of H-pyrrole nitrogens is 1. The molecule has 25 heavy (non-hydrogen) atoms. The molecule has 134 valence electrons. The molecule has 1 aromatic carbocycles. The van der Waals surface area contributed by atoms with Crippen molar-refractivity contribution >= 4 is 52.3 Å². The summed E-state index contributed by atoms with van der Waals surface area (Å²) in [4.78, 5) is 18.9. The van der Waals surface area contributed by atoms with Crippen LogP contribution in [-0.2, 0) is 13.0 Å². The van der Waals surface area contributed by atoms with E-state index in [1.54, 1.807) is 18.4 Å². The summed E-state index contributed by atoms with van der Waals surface area (Å²) in [5, 5.41) is 6.56. The number of hydrogen-bond donors (Lipinski definition) is 2. The van der Waals surface area contributed by atoms with Crippen molar-refractivity contribution in [3.63, 3.8) is 0 Å². The summed E-state index contributed by atoms with van der Waals surface area (Å²) in [5.74, 6) is 1.84. The van der Waals surface area contributed by atoms with Gasteiger partial charge in [0.15, 0.2) is 5.96 Å². The summed E-state index contributed by atoms with van der Waals surface area (Å²) in [7, 11) is 3.82. The summed E-state index contributed by atoms with van der Waals surface area (Å²) >= 11 is 1.67. The number of hydrogen-bond acceptors (Lipinski definition) is 4. The van der Waals surface area contributed by atoms with Gasteiger partial charge < -0.3 is 15.2 Å². The fourth-order valence-corrected chi connectivity index (χ4v) is 3.20. The van der Waals surface area contributed by atoms with Crippen molar-refractivity contribution in [2.24, 2.45) is 4.99 Å². The molecule has 0 bridgehead atoms. The molecule has 3 rings (SSSR count). The average Bonchev–Trinajstić information content (AvgIpc) is 3.16. The first-order valence-corrected chi connectivity index (χ1v) is 8.80. The number of thiazole rings is 1. The Kier molecular flexibility index (Phi) is 7.18. The van der Waals surface area contributed by atoms with Crippen molar-refractivity contribution in [2.45, 2.75) is 19.9 Å². The molecule has 0 radical (unpaired) electrons. The second-order valence-electron chi connectivity index (χ2n) is 5.64. The van der Waals surface area contributed by atoms with Crippen molar-refractivity contribution in [1.82, 2.24) is 25.2 Å². The molecule has 2 aromatic heterocycles. The molecule has 0 unspecified atom stereocenters. The largest absolute Gasteiger partial charge is 0.356 e. The normalized spacial score (nSPS) is 11.4. The highest BCUT2D eigenvalue weighted by Crippen LogP contribution is 2.11. The predicted octanol–water partition coefficient (Wildman–Crippen LogP) is 3.20. The van der Waals surface area contributed by atoms with Crippen molar-refractivity contribution in [3.8, 4) is 0 Å². The number of aryl methyl sites for hydroxylation is 1. The SMILES string of the molecule is CN=C(NCCc1nc2ccccc2[nH]1)N(C)Cc1csc(C)n1.I. The number of nitrogens with zero attached hydrogens (tertiary/aromatic N) is 4. The molecule has 0 aliphatic heterocycles. The molecular weight excluding hydrogens is 447 g/mol. The Morgan fingerprint density at radius 1 is 1.32 bits per heavy atom. The number of benzene rings is 1. The van der Waals surface area contributed by atoms with Gasteiger partial charge in [-0.15, -0.1) is 35.3 Å². The topological polar surface area (TPSA) is 69.2 Å². The fourth-order valence-electron chi connectivity index (χ4n) is 2.60. The first-order chi connectivity index (χ1) is 11.7. The number of aromatic nitrogens is 3. The smallest absolute Gasteiger partial charge is 0.193 e. The molecule has 8 heteroatoms. The van der Waals surface area contributed by atoms with Crippen LogP contribution in [0.2, 0.25) is 0 Å². The number of aromatic amines is 1.